The van der Waals surface area contributed by atoms with Crippen LogP contribution in [0, 0.1) is 0 Å². The van der Waals surface area contributed by atoms with Gasteiger partial charge in [0, 0.05) is 11.3 Å². The van der Waals surface area contributed by atoms with Gasteiger partial charge >= 0.3 is 5.97 Å². The van der Waals surface area contributed by atoms with Crippen molar-refractivity contribution in [2.45, 2.75) is 18.6 Å². The van der Waals surface area contributed by atoms with Gasteiger partial charge < -0.3 is 4.74 Å². The van der Waals surface area contributed by atoms with Gasteiger partial charge in [0.1, 0.15) is 0 Å². The Kier molecular flexibility index (Phi) is 7.31. The van der Waals surface area contributed by atoms with E-state index >= 15 is 0 Å². The number of hydrazine groups is 1. The van der Waals surface area contributed by atoms with Gasteiger partial charge in [-0.1, -0.05) is 18.2 Å². The smallest absolute Gasteiger partial charge is 0.306 e. The summed E-state index contributed by atoms with van der Waals surface area (Å²) in [6, 6.07) is 8.57. The van der Waals surface area contributed by atoms with Crippen molar-refractivity contribution in [1.82, 2.24) is 10.9 Å². The number of nitrogens with one attached hydrogen (secondary N) is 2. The molecule has 1 aromatic rings. The maximum atomic E-state index is 11.8. The van der Waals surface area contributed by atoms with Crippen molar-refractivity contribution in [2.24, 2.45) is 0 Å². The maximum Gasteiger partial charge on any atom is 0.306 e. The first-order chi connectivity index (χ1) is 10.0. The number of thioether (sulfide) groups is 1. The molecule has 21 heavy (non-hydrogen) atoms. The Hall–Kier alpha value is -2.02. The van der Waals surface area contributed by atoms with Crippen LogP contribution in [0.5, 0.6) is 0 Å². The second-order valence-corrected chi connectivity index (χ2v) is 5.60. The van der Waals surface area contributed by atoms with Crippen molar-refractivity contribution in [3.8, 4) is 0 Å². The Bertz CT molecular complexity index is 493. The third-order valence-corrected chi connectivity index (χ3v) is 3.76. The molecule has 0 heterocycles. The summed E-state index contributed by atoms with van der Waals surface area (Å²) >= 11 is 1.31. The standard InChI is InChI=1S/C14H18N2O4S/c1-10(21-9-8-12(17)20-2)13(18)15-16-14(19)11-6-4-3-5-7-11/h3-7,10H,8-9H2,1-2H3,(H,15,18)(H,16,19)/t10-/m1/s1. The normalized spacial score (nSPS) is 11.3. The van der Waals surface area contributed by atoms with Gasteiger partial charge in [0.25, 0.3) is 11.8 Å². The van der Waals surface area contributed by atoms with Gasteiger partial charge in [-0.2, -0.15) is 0 Å². The Balaban J connectivity index is 2.29. The van der Waals surface area contributed by atoms with Gasteiger partial charge in [0.15, 0.2) is 0 Å². The molecule has 7 heteroatoms. The highest BCUT2D eigenvalue weighted by atomic mass is 32.2. The molecule has 114 valence electrons. The van der Waals surface area contributed by atoms with Gasteiger partial charge in [-0.05, 0) is 19.1 Å². The molecule has 1 aromatic carbocycles. The third kappa shape index (κ3) is 6.31. The first-order valence-corrected chi connectivity index (χ1v) is 7.43. The predicted molar refractivity (Wildman–Crippen MR) is 80.6 cm³/mol. The molecule has 0 aliphatic carbocycles. The van der Waals surface area contributed by atoms with Crippen LogP contribution in [0.4, 0.5) is 0 Å². The van der Waals surface area contributed by atoms with Crippen LogP contribution in [0.2, 0.25) is 0 Å². The van der Waals surface area contributed by atoms with E-state index in [2.05, 4.69) is 15.6 Å². The number of hydrogen-bond acceptors (Lipinski definition) is 5. The van der Waals surface area contributed by atoms with Crippen LogP contribution in [0.15, 0.2) is 30.3 Å². The first-order valence-electron chi connectivity index (χ1n) is 6.38. The molecule has 2 N–H and O–H groups in total. The Labute approximate surface area is 127 Å². The molecular formula is C14H18N2O4S. The Morgan fingerprint density at radius 3 is 2.48 bits per heavy atom. The van der Waals surface area contributed by atoms with Crippen molar-refractivity contribution < 1.29 is 19.1 Å². The van der Waals surface area contributed by atoms with E-state index in [1.54, 1.807) is 37.3 Å². The number of esters is 1. The fourth-order valence-corrected chi connectivity index (χ4v) is 2.23. The molecule has 0 saturated carbocycles. The minimum absolute atomic E-state index is 0.245. The highest BCUT2D eigenvalue weighted by molar-refractivity contribution is 8.00. The van der Waals surface area contributed by atoms with Gasteiger partial charge in [-0.15, -0.1) is 11.8 Å². The second kappa shape index (κ2) is 9.02. The van der Waals surface area contributed by atoms with E-state index in [9.17, 15) is 14.4 Å². The summed E-state index contributed by atoms with van der Waals surface area (Å²) in [6.45, 7) is 1.70. The SMILES string of the molecule is COC(=O)CCS[C@H](C)C(=O)NNC(=O)c1ccccc1. The summed E-state index contributed by atoms with van der Waals surface area (Å²) in [7, 11) is 1.32. The Morgan fingerprint density at radius 1 is 1.19 bits per heavy atom. The minimum atomic E-state index is -0.384. The number of hydrogen-bond donors (Lipinski definition) is 2. The van der Waals surface area contributed by atoms with Crippen molar-refractivity contribution in [3.63, 3.8) is 0 Å². The summed E-state index contributed by atoms with van der Waals surface area (Å²) in [6.07, 6.45) is 0.245. The largest absolute Gasteiger partial charge is 0.469 e. The zero-order valence-electron chi connectivity index (χ0n) is 11.9. The highest BCUT2D eigenvalue weighted by Crippen LogP contribution is 2.11. The lowest BCUT2D eigenvalue weighted by Gasteiger charge is -2.12. The van der Waals surface area contributed by atoms with Gasteiger partial charge in [0.05, 0.1) is 18.8 Å². The summed E-state index contributed by atoms with van der Waals surface area (Å²) in [5.41, 5.74) is 5.17. The van der Waals surface area contributed by atoms with E-state index in [4.69, 9.17) is 0 Å². The molecule has 2 amide bonds. The van der Waals surface area contributed by atoms with Crippen LogP contribution < -0.4 is 10.9 Å². The van der Waals surface area contributed by atoms with E-state index in [0.29, 0.717) is 11.3 Å². The van der Waals surface area contributed by atoms with E-state index in [0.717, 1.165) is 0 Å². The lowest BCUT2D eigenvalue weighted by atomic mass is 10.2. The summed E-state index contributed by atoms with van der Waals surface area (Å²) in [5, 5.41) is -0.384. The van der Waals surface area contributed by atoms with Crippen LogP contribution >= 0.6 is 11.8 Å². The molecule has 0 bridgehead atoms. The van der Waals surface area contributed by atoms with Crippen LogP contribution in [0.25, 0.3) is 0 Å². The fourth-order valence-electron chi connectivity index (χ4n) is 1.38. The molecule has 1 rings (SSSR count). The molecule has 1 atom stereocenters. The number of rotatable bonds is 6. The van der Waals surface area contributed by atoms with E-state index in [1.807, 2.05) is 0 Å². The quantitative estimate of drug-likeness (QED) is 0.608. The summed E-state index contributed by atoms with van der Waals surface area (Å²) in [4.78, 5) is 34.4. The molecule has 0 spiro atoms. The molecule has 0 aliphatic rings. The number of carbonyl (C=O) groups is 3. The molecule has 0 saturated heterocycles. The van der Waals surface area contributed by atoms with E-state index < -0.39 is 0 Å². The molecule has 6 nitrogen and oxygen atoms in total. The van der Waals surface area contributed by atoms with Crippen LogP contribution in [0.1, 0.15) is 23.7 Å². The number of amides is 2. The van der Waals surface area contributed by atoms with Crippen molar-refractivity contribution in [1.29, 1.82) is 0 Å². The third-order valence-electron chi connectivity index (χ3n) is 2.61. The van der Waals surface area contributed by atoms with Crippen LogP contribution in [0.3, 0.4) is 0 Å². The average molecular weight is 310 g/mol. The molecule has 0 fully saturated rings. The summed E-state index contributed by atoms with van der Waals surface area (Å²) < 4.78 is 4.51. The van der Waals surface area contributed by atoms with Crippen LogP contribution in [-0.4, -0.2) is 35.9 Å². The second-order valence-electron chi connectivity index (χ2n) is 4.15. The number of ether oxygens (including phenoxy) is 1. The van der Waals surface area contributed by atoms with Gasteiger partial charge in [-0.25, -0.2) is 0 Å². The molecule has 0 aliphatic heterocycles. The van der Waals surface area contributed by atoms with E-state index in [-0.39, 0.29) is 29.5 Å². The molecular weight excluding hydrogens is 292 g/mol. The van der Waals surface area contributed by atoms with Gasteiger partial charge in [-0.3, -0.25) is 25.2 Å². The number of carbonyl (C=O) groups excluding carboxylic acids is 3. The predicted octanol–water partition coefficient (Wildman–Crippen LogP) is 1.13. The lowest BCUT2D eigenvalue weighted by molar-refractivity contribution is -0.140. The zero-order valence-corrected chi connectivity index (χ0v) is 12.7. The van der Waals surface area contributed by atoms with E-state index in [1.165, 1.54) is 18.9 Å². The average Bonchev–Trinajstić information content (AvgIpc) is 2.52. The highest BCUT2D eigenvalue weighted by Gasteiger charge is 2.15. The molecule has 0 radical (unpaired) electrons. The maximum absolute atomic E-state index is 11.8. The number of methoxy groups -OCH3 is 1. The monoisotopic (exact) mass is 310 g/mol. The molecule has 0 aromatic heterocycles. The number of benzene rings is 1. The van der Waals surface area contributed by atoms with Crippen molar-refractivity contribution in [3.05, 3.63) is 35.9 Å². The summed E-state index contributed by atoms with van der Waals surface area (Å²) in [5.74, 6) is -0.536. The Morgan fingerprint density at radius 2 is 1.86 bits per heavy atom. The van der Waals surface area contributed by atoms with Gasteiger partial charge in [0.2, 0.25) is 0 Å². The zero-order chi connectivity index (χ0) is 15.7. The van der Waals surface area contributed by atoms with Crippen molar-refractivity contribution >= 4 is 29.5 Å². The topological polar surface area (TPSA) is 84.5 Å². The van der Waals surface area contributed by atoms with Crippen LogP contribution in [-0.2, 0) is 14.3 Å². The first kappa shape index (κ1) is 17.0. The fraction of sp³-hybridized carbons (Fsp3) is 0.357. The van der Waals surface area contributed by atoms with Crippen molar-refractivity contribution in [2.75, 3.05) is 12.9 Å². The lowest BCUT2D eigenvalue weighted by Crippen LogP contribution is -2.45. The molecule has 0 unspecified atom stereocenters. The minimum Gasteiger partial charge on any atom is -0.469 e.